The van der Waals surface area contributed by atoms with Crippen molar-refractivity contribution in [1.29, 1.82) is 0 Å². The summed E-state index contributed by atoms with van der Waals surface area (Å²) in [4.78, 5) is 26.2. The summed E-state index contributed by atoms with van der Waals surface area (Å²) in [6.45, 7) is 0. The third-order valence-electron chi connectivity index (χ3n) is 3.38. The molecule has 1 heterocycles. The first kappa shape index (κ1) is 17.3. The molecule has 0 radical (unpaired) electrons. The molecule has 3 aromatic rings. The van der Waals surface area contributed by atoms with E-state index in [9.17, 15) is 9.59 Å². The molecule has 25 heavy (non-hydrogen) atoms. The van der Waals surface area contributed by atoms with Crippen molar-refractivity contribution in [1.82, 2.24) is 10.9 Å². The van der Waals surface area contributed by atoms with Crippen molar-refractivity contribution in [2.45, 2.75) is 10.1 Å². The Morgan fingerprint density at radius 3 is 2.16 bits per heavy atom. The van der Waals surface area contributed by atoms with Gasteiger partial charge in [-0.05, 0) is 29.1 Å². The van der Waals surface area contributed by atoms with Crippen LogP contribution in [0.5, 0.6) is 0 Å². The van der Waals surface area contributed by atoms with Gasteiger partial charge in [0.1, 0.15) is 5.25 Å². The van der Waals surface area contributed by atoms with Crippen LogP contribution < -0.4 is 10.9 Å². The van der Waals surface area contributed by atoms with Crippen molar-refractivity contribution >= 4 is 34.9 Å². The van der Waals surface area contributed by atoms with E-state index in [4.69, 9.17) is 0 Å². The minimum absolute atomic E-state index is 0.273. The molecule has 2 aromatic carbocycles. The maximum atomic E-state index is 12.7. The van der Waals surface area contributed by atoms with Gasteiger partial charge in [-0.15, -0.1) is 23.1 Å². The zero-order valence-electron chi connectivity index (χ0n) is 13.2. The summed E-state index contributed by atoms with van der Waals surface area (Å²) in [5.41, 5.74) is 5.89. The minimum Gasteiger partial charge on any atom is -0.272 e. The summed E-state index contributed by atoms with van der Waals surface area (Å²) in [7, 11) is 0. The van der Waals surface area contributed by atoms with E-state index in [1.54, 1.807) is 12.1 Å². The van der Waals surface area contributed by atoms with Gasteiger partial charge in [0.2, 0.25) is 0 Å². The molecular weight excluding hydrogens is 352 g/mol. The van der Waals surface area contributed by atoms with Crippen molar-refractivity contribution in [2.24, 2.45) is 0 Å². The molecule has 0 bridgehead atoms. The lowest BCUT2D eigenvalue weighted by Crippen LogP contribution is -2.43. The molecule has 1 atom stereocenters. The monoisotopic (exact) mass is 368 g/mol. The largest absolute Gasteiger partial charge is 0.279 e. The van der Waals surface area contributed by atoms with E-state index in [1.807, 2.05) is 66.0 Å². The second kappa shape index (κ2) is 8.50. The lowest BCUT2D eigenvalue weighted by Gasteiger charge is -2.17. The molecule has 0 spiro atoms. The van der Waals surface area contributed by atoms with E-state index in [-0.39, 0.29) is 11.8 Å². The molecule has 0 aliphatic carbocycles. The summed E-state index contributed by atoms with van der Waals surface area (Å²) in [6.07, 6.45) is 0. The zero-order valence-corrected chi connectivity index (χ0v) is 14.8. The van der Waals surface area contributed by atoms with E-state index in [0.29, 0.717) is 4.88 Å². The third kappa shape index (κ3) is 4.71. The number of carbonyl (C=O) groups is 2. The highest BCUT2D eigenvalue weighted by Crippen LogP contribution is 2.35. The molecule has 4 nitrogen and oxygen atoms in total. The van der Waals surface area contributed by atoms with Crippen molar-refractivity contribution in [2.75, 3.05) is 0 Å². The van der Waals surface area contributed by atoms with Gasteiger partial charge in [-0.3, -0.25) is 20.4 Å². The smallest absolute Gasteiger partial charge is 0.272 e. The Labute approximate surface area is 154 Å². The van der Waals surface area contributed by atoms with E-state index in [0.717, 1.165) is 10.5 Å². The van der Waals surface area contributed by atoms with Crippen molar-refractivity contribution in [3.63, 3.8) is 0 Å². The van der Waals surface area contributed by atoms with Gasteiger partial charge in [0.05, 0.1) is 4.88 Å². The molecule has 2 N–H and O–H groups in total. The van der Waals surface area contributed by atoms with Crippen LogP contribution in [-0.2, 0) is 4.79 Å². The highest BCUT2D eigenvalue weighted by Gasteiger charge is 2.22. The van der Waals surface area contributed by atoms with Gasteiger partial charge in [-0.2, -0.15) is 0 Å². The predicted molar refractivity (Wildman–Crippen MR) is 101 cm³/mol. The van der Waals surface area contributed by atoms with Crippen LogP contribution in [0, 0.1) is 0 Å². The number of rotatable bonds is 5. The Morgan fingerprint density at radius 2 is 1.52 bits per heavy atom. The van der Waals surface area contributed by atoms with Crippen LogP contribution >= 0.6 is 23.1 Å². The third-order valence-corrected chi connectivity index (χ3v) is 5.52. The fourth-order valence-electron chi connectivity index (χ4n) is 2.19. The highest BCUT2D eigenvalue weighted by atomic mass is 32.2. The van der Waals surface area contributed by atoms with Crippen LogP contribution in [0.3, 0.4) is 0 Å². The SMILES string of the molecule is O=C(NNC(=O)C(Sc1ccccc1)c1ccccc1)c1cccs1. The molecule has 2 amide bonds. The summed E-state index contributed by atoms with van der Waals surface area (Å²) in [6, 6.07) is 22.7. The first-order valence-corrected chi connectivity index (χ1v) is 9.40. The number of hydrogen-bond donors (Lipinski definition) is 2. The summed E-state index contributed by atoms with van der Waals surface area (Å²) >= 11 is 2.76. The first-order valence-electron chi connectivity index (χ1n) is 7.64. The Morgan fingerprint density at radius 1 is 0.840 bits per heavy atom. The average Bonchev–Trinajstić information content (AvgIpc) is 3.20. The maximum Gasteiger partial charge on any atom is 0.279 e. The zero-order chi connectivity index (χ0) is 17.5. The molecule has 3 rings (SSSR count). The van der Waals surface area contributed by atoms with Gasteiger partial charge in [0.25, 0.3) is 11.8 Å². The van der Waals surface area contributed by atoms with Crippen LogP contribution in [0.15, 0.2) is 83.1 Å². The summed E-state index contributed by atoms with van der Waals surface area (Å²) in [5.74, 6) is -0.593. The number of hydrazine groups is 1. The van der Waals surface area contributed by atoms with Crippen LogP contribution in [0.2, 0.25) is 0 Å². The van der Waals surface area contributed by atoms with Crippen LogP contribution in [0.25, 0.3) is 0 Å². The van der Waals surface area contributed by atoms with Crippen molar-refractivity contribution in [3.05, 3.63) is 88.6 Å². The van der Waals surface area contributed by atoms with E-state index >= 15 is 0 Å². The molecule has 1 aromatic heterocycles. The molecule has 0 saturated carbocycles. The fraction of sp³-hybridized carbons (Fsp3) is 0.0526. The number of thioether (sulfide) groups is 1. The molecule has 0 aliphatic rings. The number of hydrogen-bond acceptors (Lipinski definition) is 4. The van der Waals surface area contributed by atoms with E-state index in [1.165, 1.54) is 23.1 Å². The molecule has 0 saturated heterocycles. The van der Waals surface area contributed by atoms with Crippen molar-refractivity contribution < 1.29 is 9.59 Å². The number of carbonyl (C=O) groups excluding carboxylic acids is 2. The second-order valence-electron chi connectivity index (χ2n) is 5.14. The normalized spacial score (nSPS) is 11.5. The molecule has 0 aliphatic heterocycles. The predicted octanol–water partition coefficient (Wildman–Crippen LogP) is 4.04. The van der Waals surface area contributed by atoms with Crippen LogP contribution in [-0.4, -0.2) is 11.8 Å². The Kier molecular flexibility index (Phi) is 5.87. The van der Waals surface area contributed by atoms with Gasteiger partial charge < -0.3 is 0 Å². The summed E-state index contributed by atoms with van der Waals surface area (Å²) < 4.78 is 0. The van der Waals surface area contributed by atoms with Gasteiger partial charge >= 0.3 is 0 Å². The Balaban J connectivity index is 1.72. The van der Waals surface area contributed by atoms with Crippen LogP contribution in [0.1, 0.15) is 20.5 Å². The standard InChI is InChI=1S/C19H16N2O2S2/c22-18(16-12-7-13-24-16)20-21-19(23)17(14-8-3-1-4-9-14)25-15-10-5-2-6-11-15/h1-13,17H,(H,20,22)(H,21,23). The highest BCUT2D eigenvalue weighted by molar-refractivity contribution is 8.00. The fourth-order valence-corrected chi connectivity index (χ4v) is 3.85. The lowest BCUT2D eigenvalue weighted by atomic mass is 10.1. The molecule has 6 heteroatoms. The molecular formula is C19H16N2O2S2. The number of nitrogens with one attached hydrogen (secondary N) is 2. The number of amides is 2. The molecule has 1 unspecified atom stereocenters. The maximum absolute atomic E-state index is 12.7. The topological polar surface area (TPSA) is 58.2 Å². The first-order chi connectivity index (χ1) is 12.2. The average molecular weight is 368 g/mol. The molecule has 126 valence electrons. The van der Waals surface area contributed by atoms with E-state index < -0.39 is 5.25 Å². The number of benzene rings is 2. The molecule has 0 fully saturated rings. The van der Waals surface area contributed by atoms with Crippen molar-refractivity contribution in [3.8, 4) is 0 Å². The minimum atomic E-state index is -0.466. The van der Waals surface area contributed by atoms with Gasteiger partial charge in [0, 0.05) is 4.90 Å². The van der Waals surface area contributed by atoms with Gasteiger partial charge in [-0.25, -0.2) is 0 Å². The van der Waals surface area contributed by atoms with E-state index in [2.05, 4.69) is 10.9 Å². The van der Waals surface area contributed by atoms with Crippen LogP contribution in [0.4, 0.5) is 0 Å². The van der Waals surface area contributed by atoms with Gasteiger partial charge in [-0.1, -0.05) is 54.6 Å². The van der Waals surface area contributed by atoms with Gasteiger partial charge in [0.15, 0.2) is 0 Å². The summed E-state index contributed by atoms with van der Waals surface area (Å²) in [5, 5.41) is 1.35. The second-order valence-corrected chi connectivity index (χ2v) is 7.27. The Bertz CT molecular complexity index is 821. The number of thiophene rings is 1. The lowest BCUT2D eigenvalue weighted by molar-refractivity contribution is -0.121. The Hall–Kier alpha value is -2.57. The quantitative estimate of drug-likeness (QED) is 0.528.